The topological polar surface area (TPSA) is 56.8 Å². The first-order chi connectivity index (χ1) is 13.9. The fourth-order valence-corrected chi connectivity index (χ4v) is 3.04. The number of carbonyl (C=O) groups excluding carboxylic acids is 1. The van der Waals surface area contributed by atoms with Gasteiger partial charge in [-0.05, 0) is 75.9 Å². The lowest BCUT2D eigenvalue weighted by molar-refractivity contribution is -0.128. The summed E-state index contributed by atoms with van der Waals surface area (Å²) in [5, 5.41) is 3.06. The molecule has 0 aliphatic rings. The highest BCUT2D eigenvalue weighted by molar-refractivity contribution is 5.81. The molecule has 5 nitrogen and oxygen atoms in total. The Balaban J connectivity index is 2.11. The van der Waals surface area contributed by atoms with E-state index in [1.165, 1.54) is 0 Å². The summed E-state index contributed by atoms with van der Waals surface area (Å²) in [5.74, 6) is 2.01. The molecule has 0 heterocycles. The van der Waals surface area contributed by atoms with Crippen molar-refractivity contribution in [3.63, 3.8) is 0 Å². The lowest BCUT2D eigenvalue weighted by atomic mass is 10.1. The van der Waals surface area contributed by atoms with E-state index in [4.69, 9.17) is 14.2 Å². The summed E-state index contributed by atoms with van der Waals surface area (Å²) in [6.45, 7) is 12.9. The second-order valence-electron chi connectivity index (χ2n) is 7.09. The molecule has 2 aromatic carbocycles. The van der Waals surface area contributed by atoms with Gasteiger partial charge in [0.15, 0.2) is 17.6 Å². The normalized spacial score (nSPS) is 12.8. The van der Waals surface area contributed by atoms with E-state index in [-0.39, 0.29) is 11.9 Å². The largest absolute Gasteiger partial charge is 0.490 e. The first-order valence-corrected chi connectivity index (χ1v) is 10.3. The lowest BCUT2D eigenvalue weighted by Crippen LogP contribution is -2.39. The standard InChI is InChI=1S/C24H33NO4/c1-7-20(29-22-14-16(4)10-11-17(22)5)24(26)25-18(6)19-12-13-21(27-8-2)23(15-19)28-9-3/h10-15,18,20H,7-9H2,1-6H3,(H,25,26)/t18-,20+/m0/s1. The van der Waals surface area contributed by atoms with Gasteiger partial charge in [0.1, 0.15) is 5.75 Å². The Morgan fingerprint density at radius 2 is 1.62 bits per heavy atom. The Kier molecular flexibility index (Phi) is 8.37. The molecule has 0 aromatic heterocycles. The molecule has 5 heteroatoms. The molecule has 0 unspecified atom stereocenters. The van der Waals surface area contributed by atoms with Crippen LogP contribution in [-0.2, 0) is 4.79 Å². The third-order valence-electron chi connectivity index (χ3n) is 4.70. The molecule has 0 fully saturated rings. The molecular formula is C24H33NO4. The van der Waals surface area contributed by atoms with Crippen LogP contribution in [0.2, 0.25) is 0 Å². The van der Waals surface area contributed by atoms with E-state index in [0.717, 1.165) is 22.4 Å². The maximum atomic E-state index is 12.8. The van der Waals surface area contributed by atoms with Crippen LogP contribution in [0, 0.1) is 13.8 Å². The molecule has 0 aliphatic heterocycles. The fraction of sp³-hybridized carbons (Fsp3) is 0.458. The summed E-state index contributed by atoms with van der Waals surface area (Å²) in [6.07, 6.45) is 0.0337. The molecular weight excluding hydrogens is 366 g/mol. The van der Waals surface area contributed by atoms with Crippen LogP contribution in [0.25, 0.3) is 0 Å². The second kappa shape index (κ2) is 10.7. The van der Waals surface area contributed by atoms with Gasteiger partial charge in [-0.3, -0.25) is 4.79 Å². The molecule has 158 valence electrons. The van der Waals surface area contributed by atoms with Gasteiger partial charge in [-0.2, -0.15) is 0 Å². The lowest BCUT2D eigenvalue weighted by Gasteiger charge is -2.22. The Labute approximate surface area is 174 Å². The van der Waals surface area contributed by atoms with Gasteiger partial charge in [-0.15, -0.1) is 0 Å². The van der Waals surface area contributed by atoms with Gasteiger partial charge < -0.3 is 19.5 Å². The Morgan fingerprint density at radius 3 is 2.28 bits per heavy atom. The predicted molar refractivity (Wildman–Crippen MR) is 116 cm³/mol. The van der Waals surface area contributed by atoms with Crippen LogP contribution >= 0.6 is 0 Å². The van der Waals surface area contributed by atoms with E-state index in [1.807, 2.05) is 77.9 Å². The van der Waals surface area contributed by atoms with Crippen molar-refractivity contribution < 1.29 is 19.0 Å². The number of rotatable bonds is 10. The number of hydrogen-bond acceptors (Lipinski definition) is 4. The highest BCUT2D eigenvalue weighted by Gasteiger charge is 2.22. The average molecular weight is 400 g/mol. The van der Waals surface area contributed by atoms with Gasteiger partial charge in [0.05, 0.1) is 19.3 Å². The number of nitrogens with one attached hydrogen (secondary N) is 1. The third kappa shape index (κ3) is 6.14. The highest BCUT2D eigenvalue weighted by Crippen LogP contribution is 2.31. The van der Waals surface area contributed by atoms with Crippen LogP contribution in [0.1, 0.15) is 56.8 Å². The zero-order valence-corrected chi connectivity index (χ0v) is 18.4. The monoisotopic (exact) mass is 399 g/mol. The maximum absolute atomic E-state index is 12.8. The van der Waals surface area contributed by atoms with Crippen molar-refractivity contribution in [2.24, 2.45) is 0 Å². The molecule has 0 saturated carbocycles. The first-order valence-electron chi connectivity index (χ1n) is 10.3. The SMILES string of the molecule is CCOc1ccc([C@H](C)NC(=O)[C@@H](CC)Oc2cc(C)ccc2C)cc1OCC. The number of aryl methyl sites for hydroxylation is 2. The van der Waals surface area contributed by atoms with Crippen molar-refractivity contribution in [2.75, 3.05) is 13.2 Å². The molecule has 2 rings (SSSR count). The van der Waals surface area contributed by atoms with Crippen LogP contribution < -0.4 is 19.5 Å². The van der Waals surface area contributed by atoms with Gasteiger partial charge in [0.25, 0.3) is 5.91 Å². The quantitative estimate of drug-likeness (QED) is 0.601. The molecule has 2 atom stereocenters. The zero-order valence-electron chi connectivity index (χ0n) is 18.4. The smallest absolute Gasteiger partial charge is 0.261 e. The van der Waals surface area contributed by atoms with Crippen molar-refractivity contribution in [1.82, 2.24) is 5.32 Å². The number of amides is 1. The van der Waals surface area contributed by atoms with E-state index in [2.05, 4.69) is 5.32 Å². The van der Waals surface area contributed by atoms with E-state index in [0.29, 0.717) is 31.1 Å². The van der Waals surface area contributed by atoms with Gasteiger partial charge in [0.2, 0.25) is 0 Å². The summed E-state index contributed by atoms with van der Waals surface area (Å²) in [7, 11) is 0. The van der Waals surface area contributed by atoms with E-state index >= 15 is 0 Å². The minimum atomic E-state index is -0.549. The number of hydrogen-bond donors (Lipinski definition) is 1. The van der Waals surface area contributed by atoms with Gasteiger partial charge in [-0.1, -0.05) is 25.1 Å². The summed E-state index contributed by atoms with van der Waals surface area (Å²) in [4.78, 5) is 12.8. The third-order valence-corrected chi connectivity index (χ3v) is 4.70. The molecule has 0 saturated heterocycles. The van der Waals surface area contributed by atoms with Crippen LogP contribution in [-0.4, -0.2) is 25.2 Å². The van der Waals surface area contributed by atoms with Crippen LogP contribution in [0.15, 0.2) is 36.4 Å². The second-order valence-corrected chi connectivity index (χ2v) is 7.09. The van der Waals surface area contributed by atoms with Crippen LogP contribution in [0.5, 0.6) is 17.2 Å². The Hall–Kier alpha value is -2.69. The van der Waals surface area contributed by atoms with Gasteiger partial charge in [-0.25, -0.2) is 0 Å². The first kappa shape index (κ1) is 22.6. The van der Waals surface area contributed by atoms with Crippen molar-refractivity contribution in [3.05, 3.63) is 53.1 Å². The number of carbonyl (C=O) groups is 1. The Morgan fingerprint density at radius 1 is 0.931 bits per heavy atom. The molecule has 1 amide bonds. The van der Waals surface area contributed by atoms with Crippen LogP contribution in [0.4, 0.5) is 0 Å². The summed E-state index contributed by atoms with van der Waals surface area (Å²) in [6, 6.07) is 11.6. The van der Waals surface area contributed by atoms with E-state index < -0.39 is 6.10 Å². The molecule has 0 spiro atoms. The summed E-state index contributed by atoms with van der Waals surface area (Å²) < 4.78 is 17.3. The number of ether oxygens (including phenoxy) is 3. The minimum absolute atomic E-state index is 0.132. The van der Waals surface area contributed by atoms with Crippen molar-refractivity contribution in [1.29, 1.82) is 0 Å². The molecule has 0 radical (unpaired) electrons. The molecule has 2 aromatic rings. The van der Waals surface area contributed by atoms with Gasteiger partial charge in [0, 0.05) is 0 Å². The average Bonchev–Trinajstić information content (AvgIpc) is 2.70. The maximum Gasteiger partial charge on any atom is 0.261 e. The molecule has 29 heavy (non-hydrogen) atoms. The predicted octanol–water partition coefficient (Wildman–Crippen LogP) is 5.14. The minimum Gasteiger partial charge on any atom is -0.490 e. The van der Waals surface area contributed by atoms with Crippen molar-refractivity contribution >= 4 is 5.91 Å². The van der Waals surface area contributed by atoms with Crippen molar-refractivity contribution in [2.45, 2.75) is 60.1 Å². The fourth-order valence-electron chi connectivity index (χ4n) is 3.04. The van der Waals surface area contributed by atoms with Crippen LogP contribution in [0.3, 0.4) is 0 Å². The van der Waals surface area contributed by atoms with E-state index in [9.17, 15) is 4.79 Å². The van der Waals surface area contributed by atoms with E-state index in [1.54, 1.807) is 0 Å². The molecule has 0 aliphatic carbocycles. The summed E-state index contributed by atoms with van der Waals surface area (Å²) in [5.41, 5.74) is 3.07. The Bertz CT molecular complexity index is 819. The zero-order chi connectivity index (χ0) is 21.4. The molecule has 0 bridgehead atoms. The van der Waals surface area contributed by atoms with Crippen molar-refractivity contribution in [3.8, 4) is 17.2 Å². The highest BCUT2D eigenvalue weighted by atomic mass is 16.5. The van der Waals surface area contributed by atoms with Gasteiger partial charge >= 0.3 is 0 Å². The molecule has 1 N–H and O–H groups in total. The summed E-state index contributed by atoms with van der Waals surface area (Å²) >= 11 is 0. The number of benzene rings is 2.